The van der Waals surface area contributed by atoms with Crippen LogP contribution in [0.1, 0.15) is 5.56 Å². The minimum atomic E-state index is -4.05. The molecule has 0 fully saturated rings. The van der Waals surface area contributed by atoms with Crippen LogP contribution in [0.3, 0.4) is 0 Å². The summed E-state index contributed by atoms with van der Waals surface area (Å²) in [6, 6.07) is 16.9. The highest BCUT2D eigenvalue weighted by Crippen LogP contribution is 2.28. The van der Waals surface area contributed by atoms with E-state index in [-0.39, 0.29) is 16.1 Å². The first-order valence-corrected chi connectivity index (χ1v) is 9.92. The summed E-state index contributed by atoms with van der Waals surface area (Å²) < 4.78 is 31.9. The Labute approximate surface area is 158 Å². The Balaban J connectivity index is 2.02. The molecule has 0 aliphatic carbocycles. The highest BCUT2D eigenvalue weighted by atomic mass is 32.2. The lowest BCUT2D eigenvalue weighted by molar-refractivity contribution is 0.318. The molecule has 0 saturated heterocycles. The van der Waals surface area contributed by atoms with Gasteiger partial charge in [-0.15, -0.1) is 0 Å². The summed E-state index contributed by atoms with van der Waals surface area (Å²) in [5.41, 5.74) is 6.30. The quantitative estimate of drug-likeness (QED) is 0.263. The Hall–Kier alpha value is -2.90. The monoisotopic (exact) mass is 383 g/mol. The summed E-state index contributed by atoms with van der Waals surface area (Å²) in [7, 11) is -2.24. The van der Waals surface area contributed by atoms with E-state index in [9.17, 15) is 8.42 Å². The molecule has 0 aliphatic rings. The van der Waals surface area contributed by atoms with Gasteiger partial charge in [-0.3, -0.25) is 5.41 Å². The molecule has 0 amide bonds. The molecule has 0 atom stereocenters. The van der Waals surface area contributed by atoms with Crippen molar-refractivity contribution in [1.29, 1.82) is 5.41 Å². The summed E-state index contributed by atoms with van der Waals surface area (Å²) in [5, 5.41) is 12.1. The molecule has 27 heavy (non-hydrogen) atoms. The van der Waals surface area contributed by atoms with Crippen molar-refractivity contribution in [1.82, 2.24) is 5.32 Å². The van der Waals surface area contributed by atoms with Gasteiger partial charge >= 0.3 is 0 Å². The molecule has 3 aromatic carbocycles. The molecule has 140 valence electrons. The normalized spacial score (nSPS) is 11.4. The lowest BCUT2D eigenvalue weighted by Crippen LogP contribution is -2.18. The number of anilines is 1. The summed E-state index contributed by atoms with van der Waals surface area (Å²) in [5.74, 6) is 0.465. The fourth-order valence-electron chi connectivity index (χ4n) is 2.78. The van der Waals surface area contributed by atoms with E-state index in [0.29, 0.717) is 24.3 Å². The fourth-order valence-corrected chi connectivity index (χ4v) is 4.20. The molecule has 0 saturated carbocycles. The van der Waals surface area contributed by atoms with Crippen LogP contribution < -0.4 is 15.8 Å². The van der Waals surface area contributed by atoms with Crippen LogP contribution in [-0.4, -0.2) is 33.7 Å². The van der Waals surface area contributed by atoms with Crippen molar-refractivity contribution < 1.29 is 13.2 Å². The second kappa shape index (κ2) is 7.77. The van der Waals surface area contributed by atoms with Crippen molar-refractivity contribution in [3.63, 3.8) is 0 Å². The topological polar surface area (TPSA) is 105 Å². The second-order valence-electron chi connectivity index (χ2n) is 6.01. The Kier molecular flexibility index (Phi) is 5.43. The van der Waals surface area contributed by atoms with Crippen LogP contribution in [0.2, 0.25) is 0 Å². The zero-order chi connectivity index (χ0) is 19.4. The van der Waals surface area contributed by atoms with Gasteiger partial charge in [-0.1, -0.05) is 36.4 Å². The third kappa shape index (κ3) is 3.79. The molecular formula is C20H21N3O3S. The first-order chi connectivity index (χ1) is 12.9. The van der Waals surface area contributed by atoms with E-state index in [0.717, 1.165) is 5.39 Å². The molecule has 0 aromatic heterocycles. The van der Waals surface area contributed by atoms with Crippen LogP contribution in [-0.2, 0) is 9.84 Å². The zero-order valence-electron chi connectivity index (χ0n) is 14.9. The van der Waals surface area contributed by atoms with Gasteiger partial charge in [0.25, 0.3) is 0 Å². The van der Waals surface area contributed by atoms with Crippen LogP contribution in [0, 0.1) is 5.41 Å². The molecule has 0 heterocycles. The number of fused-ring (bicyclic) bond motifs is 1. The molecule has 4 N–H and O–H groups in total. The summed E-state index contributed by atoms with van der Waals surface area (Å²) >= 11 is 0. The number of nitrogens with two attached hydrogens (primary N) is 1. The summed E-state index contributed by atoms with van der Waals surface area (Å²) in [6.07, 6.45) is 0. The largest absolute Gasteiger partial charge is 0.492 e. The predicted molar refractivity (Wildman–Crippen MR) is 108 cm³/mol. The molecule has 7 heteroatoms. The average molecular weight is 383 g/mol. The number of sulfone groups is 1. The van der Waals surface area contributed by atoms with Gasteiger partial charge in [0.2, 0.25) is 9.84 Å². The maximum atomic E-state index is 13.1. The number of hydrogen-bond donors (Lipinski definition) is 3. The van der Waals surface area contributed by atoms with Crippen molar-refractivity contribution >= 4 is 31.3 Å². The molecule has 3 aromatic rings. The van der Waals surface area contributed by atoms with Crippen LogP contribution in [0.15, 0.2) is 65.6 Å². The van der Waals surface area contributed by atoms with E-state index >= 15 is 0 Å². The van der Waals surface area contributed by atoms with Gasteiger partial charge in [0, 0.05) is 23.2 Å². The highest BCUT2D eigenvalue weighted by Gasteiger charge is 2.26. The van der Waals surface area contributed by atoms with Gasteiger partial charge in [0.05, 0.1) is 4.90 Å². The Morgan fingerprint density at radius 2 is 1.85 bits per heavy atom. The Morgan fingerprint density at radius 3 is 2.63 bits per heavy atom. The lowest BCUT2D eigenvalue weighted by Gasteiger charge is -2.13. The third-order valence-corrected chi connectivity index (χ3v) is 5.89. The molecule has 3 rings (SSSR count). The van der Waals surface area contributed by atoms with Crippen molar-refractivity contribution in [2.24, 2.45) is 0 Å². The number of nitrogen functional groups attached to an aromatic ring is 1. The average Bonchev–Trinajstić information content (AvgIpc) is 2.68. The van der Waals surface area contributed by atoms with E-state index < -0.39 is 14.9 Å². The molecule has 0 unspecified atom stereocenters. The maximum absolute atomic E-state index is 13.1. The number of ether oxygens (including phenoxy) is 1. The van der Waals surface area contributed by atoms with Crippen LogP contribution in [0.5, 0.6) is 5.75 Å². The Bertz CT molecular complexity index is 1090. The molecular weight excluding hydrogens is 362 g/mol. The molecule has 0 aliphatic heterocycles. The first-order valence-electron chi connectivity index (χ1n) is 8.44. The van der Waals surface area contributed by atoms with E-state index in [4.69, 9.17) is 15.9 Å². The number of rotatable bonds is 6. The number of benzene rings is 3. The molecule has 6 nitrogen and oxygen atoms in total. The van der Waals surface area contributed by atoms with Gasteiger partial charge < -0.3 is 15.8 Å². The smallest absolute Gasteiger partial charge is 0.224 e. The maximum Gasteiger partial charge on any atom is 0.224 e. The van der Waals surface area contributed by atoms with Crippen molar-refractivity contribution in [2.45, 2.75) is 4.90 Å². The number of hydrogen-bond acceptors (Lipinski definition) is 6. The van der Waals surface area contributed by atoms with Gasteiger partial charge in [-0.25, -0.2) is 8.42 Å². The highest BCUT2D eigenvalue weighted by molar-refractivity contribution is 8.07. The van der Waals surface area contributed by atoms with E-state index in [1.807, 2.05) is 25.2 Å². The SMILES string of the molecule is CNCCOc1ccc(N)c(C(=N)S(=O)(=O)c2cccc3ccccc23)c1. The van der Waals surface area contributed by atoms with E-state index in [2.05, 4.69) is 5.32 Å². The number of nitrogens with one attached hydrogen (secondary N) is 2. The molecule has 0 spiro atoms. The van der Waals surface area contributed by atoms with Crippen molar-refractivity contribution in [3.05, 3.63) is 66.2 Å². The summed E-state index contributed by atoms with van der Waals surface area (Å²) in [4.78, 5) is 0.0894. The minimum Gasteiger partial charge on any atom is -0.492 e. The third-order valence-electron chi connectivity index (χ3n) is 4.20. The minimum absolute atomic E-state index is 0.0894. The van der Waals surface area contributed by atoms with Crippen molar-refractivity contribution in [3.8, 4) is 5.75 Å². The second-order valence-corrected chi connectivity index (χ2v) is 7.87. The van der Waals surface area contributed by atoms with Gasteiger partial charge in [-0.05, 0) is 36.7 Å². The number of likely N-dealkylation sites (N-methyl/N-ethyl adjacent to an activating group) is 1. The fraction of sp³-hybridized carbons (Fsp3) is 0.150. The first kappa shape index (κ1) is 18.9. The van der Waals surface area contributed by atoms with E-state index in [1.54, 1.807) is 30.3 Å². The Morgan fingerprint density at radius 1 is 1.11 bits per heavy atom. The standard InChI is InChI=1S/C20H21N3O3S/c1-23-11-12-26-15-9-10-18(21)17(13-15)20(22)27(24,25)19-8-4-6-14-5-2-3-7-16(14)19/h2-10,13,22-23H,11-12,21H2,1H3. The van der Waals surface area contributed by atoms with Crippen LogP contribution in [0.4, 0.5) is 5.69 Å². The van der Waals surface area contributed by atoms with Gasteiger partial charge in [-0.2, -0.15) is 0 Å². The zero-order valence-corrected chi connectivity index (χ0v) is 15.7. The van der Waals surface area contributed by atoms with Gasteiger partial charge in [0.15, 0.2) is 5.04 Å². The van der Waals surface area contributed by atoms with Crippen LogP contribution >= 0.6 is 0 Å². The lowest BCUT2D eigenvalue weighted by atomic mass is 10.1. The van der Waals surface area contributed by atoms with E-state index in [1.165, 1.54) is 12.1 Å². The van der Waals surface area contributed by atoms with Crippen molar-refractivity contribution in [2.75, 3.05) is 25.9 Å². The predicted octanol–water partition coefficient (Wildman–Crippen LogP) is 2.82. The molecule has 0 bridgehead atoms. The van der Waals surface area contributed by atoms with Gasteiger partial charge in [0.1, 0.15) is 12.4 Å². The van der Waals surface area contributed by atoms with Crippen LogP contribution in [0.25, 0.3) is 10.8 Å². The summed E-state index contributed by atoms with van der Waals surface area (Å²) in [6.45, 7) is 1.06. The molecule has 0 radical (unpaired) electrons.